The van der Waals surface area contributed by atoms with Crippen molar-refractivity contribution < 1.29 is 14.9 Å². The Morgan fingerprint density at radius 2 is 1.93 bits per heavy atom. The van der Waals surface area contributed by atoms with Crippen molar-refractivity contribution >= 4 is 28.0 Å². The molecule has 222 valence electrons. The number of aromatic nitrogens is 6. The summed E-state index contributed by atoms with van der Waals surface area (Å²) in [5.41, 5.74) is 10.2. The first kappa shape index (κ1) is 29.4. The molecule has 3 unspecified atom stereocenters. The summed E-state index contributed by atoms with van der Waals surface area (Å²) in [5.74, 6) is 1.89. The number of fused-ring (bicyclic) bond motifs is 2. The highest BCUT2D eigenvalue weighted by Crippen LogP contribution is 2.37. The van der Waals surface area contributed by atoms with Gasteiger partial charge in [-0.1, -0.05) is 26.8 Å². The van der Waals surface area contributed by atoms with E-state index in [1.54, 1.807) is 7.11 Å². The van der Waals surface area contributed by atoms with Gasteiger partial charge >= 0.3 is 0 Å². The number of nitrogens with one attached hydrogen (secondary N) is 1. The number of aliphatic hydroxyl groups excluding tert-OH is 2. The van der Waals surface area contributed by atoms with Crippen molar-refractivity contribution in [1.82, 2.24) is 34.4 Å². The number of nitrogens with two attached hydrogens (primary N) is 1. The number of imidazole rings is 2. The molecule has 0 spiro atoms. The number of nitrogens with zero attached hydrogens (tertiary/aromatic N) is 6. The molecule has 0 radical (unpaired) electrons. The van der Waals surface area contributed by atoms with Crippen molar-refractivity contribution in [2.45, 2.75) is 96.2 Å². The van der Waals surface area contributed by atoms with E-state index in [1.807, 2.05) is 0 Å². The van der Waals surface area contributed by atoms with Crippen LogP contribution in [0.3, 0.4) is 0 Å². The molecule has 0 amide bonds. The minimum Gasteiger partial charge on any atom is -0.386 e. The molecule has 1 aliphatic carbocycles. The third-order valence-electron chi connectivity index (χ3n) is 8.58. The number of rotatable bonds is 11. The fraction of sp³-hybridized carbons (Fsp3) is 0.600. The van der Waals surface area contributed by atoms with Crippen LogP contribution in [0, 0.1) is 5.92 Å². The zero-order valence-electron chi connectivity index (χ0n) is 24.9. The number of hydrogen-bond acceptors (Lipinski definition) is 9. The zero-order chi connectivity index (χ0) is 29.5. The van der Waals surface area contributed by atoms with Crippen molar-refractivity contribution in [3.05, 3.63) is 42.2 Å². The van der Waals surface area contributed by atoms with Crippen molar-refractivity contribution in [3.8, 4) is 0 Å². The maximum absolute atomic E-state index is 11.1. The third-order valence-corrected chi connectivity index (χ3v) is 8.58. The number of H-pyrrole nitrogens is 1. The molecule has 0 saturated heterocycles. The van der Waals surface area contributed by atoms with E-state index in [1.165, 1.54) is 22.8 Å². The highest BCUT2D eigenvalue weighted by molar-refractivity contribution is 5.81. The lowest BCUT2D eigenvalue weighted by molar-refractivity contribution is -0.119. The monoisotopic (exact) mass is 564 g/mol. The Morgan fingerprint density at radius 3 is 2.61 bits per heavy atom. The lowest BCUT2D eigenvalue weighted by atomic mass is 9.76. The molecule has 1 fully saturated rings. The van der Waals surface area contributed by atoms with Crippen LogP contribution in [0.4, 0.5) is 5.82 Å². The summed E-state index contributed by atoms with van der Waals surface area (Å²) in [6, 6.07) is 7.19. The predicted octanol–water partition coefficient (Wildman–Crippen LogP) is 3.57. The van der Waals surface area contributed by atoms with E-state index >= 15 is 0 Å². The summed E-state index contributed by atoms with van der Waals surface area (Å²) in [4.78, 5) is 23.1. The summed E-state index contributed by atoms with van der Waals surface area (Å²) < 4.78 is 7.11. The smallest absolute Gasteiger partial charge is 0.167 e. The summed E-state index contributed by atoms with van der Waals surface area (Å²) in [6.07, 6.45) is 3.80. The topological polar surface area (TPSA) is 151 Å². The first-order valence-corrected chi connectivity index (χ1v) is 14.5. The molecule has 11 nitrogen and oxygen atoms in total. The van der Waals surface area contributed by atoms with E-state index in [2.05, 4.69) is 77.7 Å². The quantitative estimate of drug-likeness (QED) is 0.214. The van der Waals surface area contributed by atoms with E-state index in [0.717, 1.165) is 42.5 Å². The van der Waals surface area contributed by atoms with E-state index in [4.69, 9.17) is 15.5 Å². The van der Waals surface area contributed by atoms with Gasteiger partial charge in [0.2, 0.25) is 0 Å². The molecule has 0 bridgehead atoms. The number of benzene rings is 1. The standard InChI is InChI=1S/C30H44N8O3/c1-17(2)37(14-23(41-6)26(39)29(40)38-16-34-25-27(31)32-15-33-28(25)38)20-11-18(12-20)7-10-24-35-21-9-8-19(30(3,4)5)13-22(21)36-24/h8-9,13,15-18,20,23,26,29,39-40H,7,10-12,14H2,1-6H3,(H,35,36)(H2,31,32,33). The lowest BCUT2D eigenvalue weighted by Crippen LogP contribution is -2.53. The SMILES string of the molecule is COC(CN(C(C)C)C1CC(CCc2nc3cc(C(C)(C)C)ccc3[nH]2)C1)C(O)C(O)n1cnc2c(N)ncnc21. The summed E-state index contributed by atoms with van der Waals surface area (Å²) in [6.45, 7) is 11.5. The van der Waals surface area contributed by atoms with Gasteiger partial charge in [-0.2, -0.15) is 0 Å². The van der Waals surface area contributed by atoms with Gasteiger partial charge in [-0.3, -0.25) is 9.47 Å². The van der Waals surface area contributed by atoms with Crippen molar-refractivity contribution in [3.63, 3.8) is 0 Å². The van der Waals surface area contributed by atoms with Gasteiger partial charge in [-0.15, -0.1) is 0 Å². The van der Waals surface area contributed by atoms with Crippen molar-refractivity contribution in [2.75, 3.05) is 19.4 Å². The lowest BCUT2D eigenvalue weighted by Gasteiger charge is -2.46. The molecule has 0 aliphatic heterocycles. The highest BCUT2D eigenvalue weighted by Gasteiger charge is 2.38. The molecule has 3 heterocycles. The van der Waals surface area contributed by atoms with Gasteiger partial charge in [0, 0.05) is 32.2 Å². The molecule has 1 aliphatic rings. The predicted molar refractivity (Wildman–Crippen MR) is 159 cm³/mol. The fourth-order valence-electron chi connectivity index (χ4n) is 5.92. The number of aromatic amines is 1. The molecule has 5 rings (SSSR count). The second-order valence-corrected chi connectivity index (χ2v) is 12.7. The molecule has 4 aromatic rings. The number of aliphatic hydroxyl groups is 2. The van der Waals surface area contributed by atoms with E-state index in [0.29, 0.717) is 29.7 Å². The third kappa shape index (κ3) is 6.08. The first-order chi connectivity index (χ1) is 19.5. The van der Waals surface area contributed by atoms with Crippen LogP contribution in [-0.2, 0) is 16.6 Å². The second-order valence-electron chi connectivity index (χ2n) is 12.7. The van der Waals surface area contributed by atoms with Gasteiger partial charge in [0.1, 0.15) is 29.9 Å². The van der Waals surface area contributed by atoms with Crippen LogP contribution in [0.5, 0.6) is 0 Å². The number of aryl methyl sites for hydroxylation is 1. The zero-order valence-corrected chi connectivity index (χ0v) is 24.9. The summed E-state index contributed by atoms with van der Waals surface area (Å²) >= 11 is 0. The molecule has 11 heteroatoms. The molecule has 1 aromatic carbocycles. The van der Waals surface area contributed by atoms with Gasteiger partial charge < -0.3 is 25.7 Å². The van der Waals surface area contributed by atoms with Gasteiger partial charge in [0.15, 0.2) is 17.7 Å². The van der Waals surface area contributed by atoms with E-state index < -0.39 is 18.4 Å². The largest absolute Gasteiger partial charge is 0.386 e. The number of nitrogen functional groups attached to an aromatic ring is 1. The minimum atomic E-state index is -1.30. The van der Waals surface area contributed by atoms with Crippen LogP contribution in [0.25, 0.3) is 22.2 Å². The minimum absolute atomic E-state index is 0.101. The Hall–Kier alpha value is -3.12. The Morgan fingerprint density at radius 1 is 1.17 bits per heavy atom. The normalized spacial score (nSPS) is 20.1. The molecular formula is C30H44N8O3. The van der Waals surface area contributed by atoms with E-state index in [9.17, 15) is 10.2 Å². The molecule has 3 atom stereocenters. The average Bonchev–Trinajstić information content (AvgIpc) is 3.52. The maximum Gasteiger partial charge on any atom is 0.167 e. The number of ether oxygens (including phenoxy) is 1. The Balaban J connectivity index is 1.17. The van der Waals surface area contributed by atoms with Crippen LogP contribution in [0.15, 0.2) is 30.9 Å². The van der Waals surface area contributed by atoms with Gasteiger partial charge in [-0.25, -0.2) is 19.9 Å². The number of anilines is 1. The maximum atomic E-state index is 11.1. The Bertz CT molecular complexity index is 1470. The molecule has 1 saturated carbocycles. The van der Waals surface area contributed by atoms with Crippen LogP contribution in [-0.4, -0.2) is 82.5 Å². The fourth-order valence-corrected chi connectivity index (χ4v) is 5.92. The molecule has 5 N–H and O–H groups in total. The summed E-state index contributed by atoms with van der Waals surface area (Å²) in [5, 5.41) is 22.2. The van der Waals surface area contributed by atoms with Crippen molar-refractivity contribution in [1.29, 1.82) is 0 Å². The number of hydrogen-bond donors (Lipinski definition) is 4. The summed E-state index contributed by atoms with van der Waals surface area (Å²) in [7, 11) is 1.56. The van der Waals surface area contributed by atoms with Gasteiger partial charge in [0.05, 0.1) is 17.4 Å². The van der Waals surface area contributed by atoms with E-state index in [-0.39, 0.29) is 17.3 Å². The average molecular weight is 565 g/mol. The van der Waals surface area contributed by atoms with Gasteiger partial charge in [-0.05, 0) is 62.1 Å². The highest BCUT2D eigenvalue weighted by atomic mass is 16.5. The first-order valence-electron chi connectivity index (χ1n) is 14.5. The molecular weight excluding hydrogens is 520 g/mol. The Labute approximate surface area is 241 Å². The Kier molecular flexibility index (Phi) is 8.34. The molecule has 3 aromatic heterocycles. The number of methoxy groups -OCH3 is 1. The van der Waals surface area contributed by atoms with Crippen molar-refractivity contribution in [2.24, 2.45) is 5.92 Å². The van der Waals surface area contributed by atoms with Crippen LogP contribution >= 0.6 is 0 Å². The van der Waals surface area contributed by atoms with Crippen LogP contribution < -0.4 is 5.73 Å². The molecule has 41 heavy (non-hydrogen) atoms. The second kappa shape index (κ2) is 11.6. The van der Waals surface area contributed by atoms with Crippen LogP contribution in [0.2, 0.25) is 0 Å². The van der Waals surface area contributed by atoms with Crippen LogP contribution in [0.1, 0.15) is 71.5 Å². The van der Waals surface area contributed by atoms with Gasteiger partial charge in [0.25, 0.3) is 0 Å².